The average Bonchev–Trinajstić information content (AvgIpc) is 2.28. The molecule has 3 nitrogen and oxygen atoms in total. The van der Waals surface area contributed by atoms with E-state index in [1.165, 1.54) is 0 Å². The van der Waals surface area contributed by atoms with Crippen LogP contribution in [0.15, 0.2) is 24.3 Å². The number of carbonyl (C=O) groups is 1. The Kier molecular flexibility index (Phi) is 3.25. The van der Waals surface area contributed by atoms with Crippen LogP contribution in [0.5, 0.6) is 0 Å². The van der Waals surface area contributed by atoms with Crippen LogP contribution in [0.4, 0.5) is 0 Å². The third-order valence-corrected chi connectivity index (χ3v) is 2.79. The molecule has 0 aliphatic carbocycles. The molecule has 0 bridgehead atoms. The maximum absolute atomic E-state index is 12.2. The van der Waals surface area contributed by atoms with Crippen molar-refractivity contribution in [2.45, 2.75) is 20.0 Å². The largest absolute Gasteiger partial charge is 0.375 e. The molecular formula is C13H17NO2. The van der Waals surface area contributed by atoms with Crippen LogP contribution in [0, 0.1) is 6.92 Å². The number of rotatable bonds is 1. The van der Waals surface area contributed by atoms with Crippen molar-refractivity contribution >= 4 is 5.91 Å². The molecule has 1 aliphatic heterocycles. The number of morpholine rings is 1. The zero-order chi connectivity index (χ0) is 11.5. The summed E-state index contributed by atoms with van der Waals surface area (Å²) >= 11 is 0. The highest BCUT2D eigenvalue weighted by Crippen LogP contribution is 2.11. The molecule has 86 valence electrons. The molecule has 2 rings (SSSR count). The maximum atomic E-state index is 12.2. The molecule has 1 saturated heterocycles. The Bertz CT molecular complexity index is 389. The molecule has 1 heterocycles. The third kappa shape index (κ3) is 2.42. The first-order valence-corrected chi connectivity index (χ1v) is 5.64. The Hall–Kier alpha value is -1.35. The summed E-state index contributed by atoms with van der Waals surface area (Å²) in [5, 5.41) is 0. The van der Waals surface area contributed by atoms with Crippen molar-refractivity contribution in [1.82, 2.24) is 4.90 Å². The first kappa shape index (κ1) is 11.1. The lowest BCUT2D eigenvalue weighted by Gasteiger charge is -2.31. The molecule has 0 saturated carbocycles. The Morgan fingerprint density at radius 3 is 3.00 bits per heavy atom. The van der Waals surface area contributed by atoms with Crippen molar-refractivity contribution in [3.8, 4) is 0 Å². The first-order chi connectivity index (χ1) is 7.66. The number of amides is 1. The molecule has 16 heavy (non-hydrogen) atoms. The van der Waals surface area contributed by atoms with Gasteiger partial charge in [0.2, 0.25) is 0 Å². The van der Waals surface area contributed by atoms with Crippen LogP contribution in [-0.4, -0.2) is 36.6 Å². The summed E-state index contributed by atoms with van der Waals surface area (Å²) in [5.41, 5.74) is 1.89. The second-order valence-corrected chi connectivity index (χ2v) is 4.30. The van der Waals surface area contributed by atoms with Gasteiger partial charge in [0.05, 0.1) is 12.7 Å². The van der Waals surface area contributed by atoms with E-state index in [1.807, 2.05) is 43.0 Å². The number of hydrogen-bond acceptors (Lipinski definition) is 2. The van der Waals surface area contributed by atoms with Gasteiger partial charge in [0.1, 0.15) is 0 Å². The Morgan fingerprint density at radius 1 is 1.50 bits per heavy atom. The summed E-state index contributed by atoms with van der Waals surface area (Å²) in [6, 6.07) is 7.73. The lowest BCUT2D eigenvalue weighted by molar-refractivity contribution is -0.0124. The van der Waals surface area contributed by atoms with E-state index in [0.717, 1.165) is 11.1 Å². The maximum Gasteiger partial charge on any atom is 0.254 e. The molecule has 0 radical (unpaired) electrons. The van der Waals surface area contributed by atoms with E-state index in [2.05, 4.69) is 0 Å². The number of aryl methyl sites for hydroxylation is 1. The van der Waals surface area contributed by atoms with E-state index < -0.39 is 0 Å². The summed E-state index contributed by atoms with van der Waals surface area (Å²) in [7, 11) is 0. The number of carbonyl (C=O) groups excluding carboxylic acids is 1. The molecule has 0 spiro atoms. The van der Waals surface area contributed by atoms with Gasteiger partial charge in [0.15, 0.2) is 0 Å². The van der Waals surface area contributed by atoms with E-state index in [9.17, 15) is 4.79 Å². The fourth-order valence-corrected chi connectivity index (χ4v) is 1.96. The lowest BCUT2D eigenvalue weighted by atomic mass is 10.1. The van der Waals surface area contributed by atoms with Gasteiger partial charge in [-0.2, -0.15) is 0 Å². The lowest BCUT2D eigenvalue weighted by Crippen LogP contribution is -2.44. The van der Waals surface area contributed by atoms with Gasteiger partial charge in [0, 0.05) is 18.7 Å². The normalized spacial score (nSPS) is 20.9. The minimum atomic E-state index is 0.110. The van der Waals surface area contributed by atoms with Gasteiger partial charge in [-0.1, -0.05) is 17.7 Å². The topological polar surface area (TPSA) is 29.5 Å². The van der Waals surface area contributed by atoms with Crippen molar-refractivity contribution < 1.29 is 9.53 Å². The van der Waals surface area contributed by atoms with Gasteiger partial charge in [-0.3, -0.25) is 4.79 Å². The number of hydrogen-bond donors (Lipinski definition) is 0. The quantitative estimate of drug-likeness (QED) is 0.721. The fourth-order valence-electron chi connectivity index (χ4n) is 1.96. The molecular weight excluding hydrogens is 202 g/mol. The van der Waals surface area contributed by atoms with Crippen molar-refractivity contribution in [2.75, 3.05) is 19.7 Å². The van der Waals surface area contributed by atoms with Gasteiger partial charge in [-0.05, 0) is 26.0 Å². The van der Waals surface area contributed by atoms with E-state index in [1.54, 1.807) is 0 Å². The van der Waals surface area contributed by atoms with E-state index in [0.29, 0.717) is 19.7 Å². The Morgan fingerprint density at radius 2 is 2.31 bits per heavy atom. The van der Waals surface area contributed by atoms with E-state index in [4.69, 9.17) is 4.74 Å². The highest BCUT2D eigenvalue weighted by atomic mass is 16.5. The predicted molar refractivity (Wildman–Crippen MR) is 62.5 cm³/mol. The minimum absolute atomic E-state index is 0.110. The van der Waals surface area contributed by atoms with E-state index in [-0.39, 0.29) is 12.0 Å². The van der Waals surface area contributed by atoms with Crippen molar-refractivity contribution in [3.05, 3.63) is 35.4 Å². The summed E-state index contributed by atoms with van der Waals surface area (Å²) in [6.45, 7) is 6.01. The summed E-state index contributed by atoms with van der Waals surface area (Å²) in [4.78, 5) is 14.0. The highest BCUT2D eigenvalue weighted by molar-refractivity contribution is 5.94. The van der Waals surface area contributed by atoms with Gasteiger partial charge < -0.3 is 9.64 Å². The van der Waals surface area contributed by atoms with Crippen molar-refractivity contribution in [1.29, 1.82) is 0 Å². The summed E-state index contributed by atoms with van der Waals surface area (Å²) < 4.78 is 5.42. The zero-order valence-corrected chi connectivity index (χ0v) is 9.77. The summed E-state index contributed by atoms with van der Waals surface area (Å²) in [6.07, 6.45) is 0.141. The molecule has 1 aromatic rings. The Balaban J connectivity index is 2.12. The van der Waals surface area contributed by atoms with Crippen LogP contribution in [0.25, 0.3) is 0 Å². The number of nitrogens with zero attached hydrogens (tertiary/aromatic N) is 1. The van der Waals surface area contributed by atoms with Crippen LogP contribution in [0.2, 0.25) is 0 Å². The monoisotopic (exact) mass is 219 g/mol. The SMILES string of the molecule is Cc1cccc(C(=O)N2CCO[C@@H](C)C2)c1. The number of benzene rings is 1. The highest BCUT2D eigenvalue weighted by Gasteiger charge is 2.22. The average molecular weight is 219 g/mol. The van der Waals surface area contributed by atoms with Crippen LogP contribution in [0.1, 0.15) is 22.8 Å². The van der Waals surface area contributed by atoms with Gasteiger partial charge in [0.25, 0.3) is 5.91 Å². The molecule has 1 aliphatic rings. The molecule has 1 atom stereocenters. The third-order valence-electron chi connectivity index (χ3n) is 2.79. The fraction of sp³-hybridized carbons (Fsp3) is 0.462. The van der Waals surface area contributed by atoms with Gasteiger partial charge in [-0.15, -0.1) is 0 Å². The van der Waals surface area contributed by atoms with Gasteiger partial charge in [-0.25, -0.2) is 0 Å². The second-order valence-electron chi connectivity index (χ2n) is 4.30. The van der Waals surface area contributed by atoms with Crippen LogP contribution < -0.4 is 0 Å². The standard InChI is InChI=1S/C13H17NO2/c1-10-4-3-5-12(8-10)13(15)14-6-7-16-11(2)9-14/h3-5,8,11H,6-7,9H2,1-2H3/t11-/m0/s1. The van der Waals surface area contributed by atoms with Gasteiger partial charge >= 0.3 is 0 Å². The Labute approximate surface area is 96.0 Å². The van der Waals surface area contributed by atoms with E-state index >= 15 is 0 Å². The molecule has 0 aromatic heterocycles. The molecule has 0 N–H and O–H groups in total. The first-order valence-electron chi connectivity index (χ1n) is 5.64. The molecule has 1 aromatic carbocycles. The second kappa shape index (κ2) is 4.66. The molecule has 1 amide bonds. The predicted octanol–water partition coefficient (Wildman–Crippen LogP) is 1.86. The molecule has 0 unspecified atom stereocenters. The summed E-state index contributed by atoms with van der Waals surface area (Å²) in [5.74, 6) is 0.110. The van der Waals surface area contributed by atoms with Crippen LogP contribution in [-0.2, 0) is 4.74 Å². The smallest absolute Gasteiger partial charge is 0.254 e. The van der Waals surface area contributed by atoms with Crippen molar-refractivity contribution in [2.24, 2.45) is 0 Å². The minimum Gasteiger partial charge on any atom is -0.375 e. The number of ether oxygens (including phenoxy) is 1. The van der Waals surface area contributed by atoms with Crippen molar-refractivity contribution in [3.63, 3.8) is 0 Å². The van der Waals surface area contributed by atoms with Crippen LogP contribution >= 0.6 is 0 Å². The molecule has 1 fully saturated rings. The zero-order valence-electron chi connectivity index (χ0n) is 9.77. The molecule has 3 heteroatoms. The van der Waals surface area contributed by atoms with Crippen LogP contribution in [0.3, 0.4) is 0 Å².